The van der Waals surface area contributed by atoms with Gasteiger partial charge in [-0.15, -0.1) is 0 Å². The number of nitriles is 1. The first-order chi connectivity index (χ1) is 11.9. The van der Waals surface area contributed by atoms with Crippen molar-refractivity contribution in [2.75, 3.05) is 24.3 Å². The normalized spacial score (nSPS) is 10.7. The minimum atomic E-state index is -0.577. The highest BCUT2D eigenvalue weighted by Crippen LogP contribution is 2.18. The number of hydrogen-bond donors (Lipinski definition) is 1. The summed E-state index contributed by atoms with van der Waals surface area (Å²) in [5, 5.41) is 22.6. The Labute approximate surface area is 145 Å². The van der Waals surface area contributed by atoms with E-state index in [-0.39, 0.29) is 11.3 Å². The Morgan fingerprint density at radius 2 is 1.92 bits per heavy atom. The fourth-order valence-electron chi connectivity index (χ4n) is 2.08. The number of benzene rings is 2. The third-order valence-corrected chi connectivity index (χ3v) is 3.40. The molecule has 0 saturated carbocycles. The Hall–Kier alpha value is -3.66. The van der Waals surface area contributed by atoms with Crippen LogP contribution < -0.4 is 10.2 Å². The second-order valence-corrected chi connectivity index (χ2v) is 5.42. The summed E-state index contributed by atoms with van der Waals surface area (Å²) >= 11 is 0. The van der Waals surface area contributed by atoms with Gasteiger partial charge in [-0.2, -0.15) is 5.26 Å². The molecule has 0 aromatic heterocycles. The van der Waals surface area contributed by atoms with E-state index in [1.54, 1.807) is 18.2 Å². The highest BCUT2D eigenvalue weighted by Gasteiger charge is 2.11. The van der Waals surface area contributed by atoms with Crippen molar-refractivity contribution < 1.29 is 9.72 Å². The maximum Gasteiger partial charge on any atom is 0.270 e. The number of carbonyl (C=O) groups excluding carboxylic acids is 1. The van der Waals surface area contributed by atoms with Gasteiger partial charge in [0.05, 0.1) is 4.92 Å². The van der Waals surface area contributed by atoms with E-state index in [1.807, 2.05) is 37.2 Å². The van der Waals surface area contributed by atoms with Crippen molar-refractivity contribution in [3.05, 3.63) is 69.8 Å². The second kappa shape index (κ2) is 7.75. The van der Waals surface area contributed by atoms with Crippen LogP contribution in [0.4, 0.5) is 17.1 Å². The van der Waals surface area contributed by atoms with Crippen molar-refractivity contribution in [1.82, 2.24) is 0 Å². The number of hydrogen-bond acceptors (Lipinski definition) is 5. The molecule has 1 amide bonds. The van der Waals surface area contributed by atoms with E-state index in [9.17, 15) is 20.2 Å². The van der Waals surface area contributed by atoms with E-state index in [4.69, 9.17) is 0 Å². The zero-order chi connectivity index (χ0) is 18.4. The van der Waals surface area contributed by atoms with Crippen molar-refractivity contribution in [3.63, 3.8) is 0 Å². The van der Waals surface area contributed by atoms with Gasteiger partial charge in [0.1, 0.15) is 11.6 Å². The van der Waals surface area contributed by atoms with Gasteiger partial charge in [0.2, 0.25) is 0 Å². The van der Waals surface area contributed by atoms with Gasteiger partial charge in [-0.1, -0.05) is 12.1 Å². The van der Waals surface area contributed by atoms with Crippen LogP contribution in [0.1, 0.15) is 5.56 Å². The van der Waals surface area contributed by atoms with Crippen molar-refractivity contribution in [2.45, 2.75) is 0 Å². The first-order valence-corrected chi connectivity index (χ1v) is 7.35. The van der Waals surface area contributed by atoms with Gasteiger partial charge in [-0.3, -0.25) is 14.9 Å². The van der Waals surface area contributed by atoms with Crippen LogP contribution in [-0.2, 0) is 4.79 Å². The molecule has 2 rings (SSSR count). The smallest absolute Gasteiger partial charge is 0.270 e. The van der Waals surface area contributed by atoms with Crippen molar-refractivity contribution in [3.8, 4) is 6.07 Å². The summed E-state index contributed by atoms with van der Waals surface area (Å²) in [4.78, 5) is 24.4. The van der Waals surface area contributed by atoms with Crippen LogP contribution in [0.5, 0.6) is 0 Å². The van der Waals surface area contributed by atoms with Crippen LogP contribution in [0.15, 0.2) is 54.1 Å². The number of nitro groups is 1. The van der Waals surface area contributed by atoms with Crippen molar-refractivity contribution in [2.24, 2.45) is 0 Å². The molecule has 1 N–H and O–H groups in total. The summed E-state index contributed by atoms with van der Waals surface area (Å²) in [6, 6.07) is 14.7. The zero-order valence-electron chi connectivity index (χ0n) is 13.8. The molecule has 0 unspecified atom stereocenters. The van der Waals surface area contributed by atoms with E-state index >= 15 is 0 Å². The molecule has 0 aliphatic heterocycles. The van der Waals surface area contributed by atoms with E-state index in [2.05, 4.69) is 5.32 Å². The molecule has 25 heavy (non-hydrogen) atoms. The molecule has 0 saturated heterocycles. The summed E-state index contributed by atoms with van der Waals surface area (Å²) in [5.74, 6) is -0.577. The van der Waals surface area contributed by atoms with Gasteiger partial charge in [0.25, 0.3) is 11.6 Å². The molecule has 0 heterocycles. The Balaban J connectivity index is 2.19. The quantitative estimate of drug-likeness (QED) is 0.391. The van der Waals surface area contributed by atoms with Gasteiger partial charge in [0, 0.05) is 37.6 Å². The molecule has 0 fully saturated rings. The molecule has 0 spiro atoms. The molecule has 2 aromatic carbocycles. The summed E-state index contributed by atoms with van der Waals surface area (Å²) in [6.07, 6.45) is 1.32. The number of anilines is 2. The molecule has 0 aliphatic carbocycles. The molecular formula is C18H16N4O3. The monoisotopic (exact) mass is 336 g/mol. The minimum absolute atomic E-state index is 0.106. The molecule has 0 radical (unpaired) electrons. The Kier molecular flexibility index (Phi) is 5.48. The lowest BCUT2D eigenvalue weighted by Crippen LogP contribution is -2.14. The number of carbonyl (C=O) groups is 1. The summed E-state index contributed by atoms with van der Waals surface area (Å²) in [5.41, 5.74) is 1.69. The van der Waals surface area contributed by atoms with E-state index < -0.39 is 10.8 Å². The molecule has 0 aliphatic rings. The SMILES string of the molecule is CN(C)c1ccc(NC(=O)/C(C#N)=C\c2cccc([N+](=O)[O-])c2)cc1. The predicted molar refractivity (Wildman–Crippen MR) is 96.1 cm³/mol. The van der Waals surface area contributed by atoms with Crippen LogP contribution in [0.3, 0.4) is 0 Å². The number of nitro benzene ring substituents is 1. The molecule has 126 valence electrons. The lowest BCUT2D eigenvalue weighted by atomic mass is 10.1. The summed E-state index contributed by atoms with van der Waals surface area (Å²) in [6.45, 7) is 0. The number of amides is 1. The topological polar surface area (TPSA) is 99.3 Å². The van der Waals surface area contributed by atoms with E-state index in [0.29, 0.717) is 11.3 Å². The molecule has 0 bridgehead atoms. The van der Waals surface area contributed by atoms with Gasteiger partial charge >= 0.3 is 0 Å². The van der Waals surface area contributed by atoms with Crippen LogP contribution in [0.25, 0.3) is 6.08 Å². The van der Waals surface area contributed by atoms with Gasteiger partial charge in [0.15, 0.2) is 0 Å². The average molecular weight is 336 g/mol. The second-order valence-electron chi connectivity index (χ2n) is 5.42. The largest absolute Gasteiger partial charge is 0.378 e. The Morgan fingerprint density at radius 3 is 2.48 bits per heavy atom. The van der Waals surface area contributed by atoms with Crippen LogP contribution in [0, 0.1) is 21.4 Å². The maximum absolute atomic E-state index is 12.2. The van der Waals surface area contributed by atoms with E-state index in [0.717, 1.165) is 5.69 Å². The molecule has 7 heteroatoms. The van der Waals surface area contributed by atoms with Crippen LogP contribution in [0.2, 0.25) is 0 Å². The van der Waals surface area contributed by atoms with E-state index in [1.165, 1.54) is 24.3 Å². The molecule has 0 atom stereocenters. The van der Waals surface area contributed by atoms with Gasteiger partial charge < -0.3 is 10.2 Å². The first kappa shape index (κ1) is 17.7. The molecule has 7 nitrogen and oxygen atoms in total. The van der Waals surface area contributed by atoms with Crippen LogP contribution >= 0.6 is 0 Å². The Morgan fingerprint density at radius 1 is 1.24 bits per heavy atom. The van der Waals surface area contributed by atoms with Gasteiger partial charge in [-0.05, 0) is 35.9 Å². The highest BCUT2D eigenvalue weighted by atomic mass is 16.6. The number of nitrogens with zero attached hydrogens (tertiary/aromatic N) is 3. The summed E-state index contributed by atoms with van der Waals surface area (Å²) in [7, 11) is 3.81. The maximum atomic E-state index is 12.2. The average Bonchev–Trinajstić information content (AvgIpc) is 2.60. The van der Waals surface area contributed by atoms with Crippen molar-refractivity contribution >= 4 is 29.0 Å². The Bertz CT molecular complexity index is 865. The predicted octanol–water partition coefficient (Wildman–Crippen LogP) is 3.21. The lowest BCUT2D eigenvalue weighted by Gasteiger charge is -2.12. The molecule has 2 aromatic rings. The van der Waals surface area contributed by atoms with Crippen LogP contribution in [-0.4, -0.2) is 24.9 Å². The fraction of sp³-hybridized carbons (Fsp3) is 0.111. The third kappa shape index (κ3) is 4.65. The fourth-order valence-corrected chi connectivity index (χ4v) is 2.08. The highest BCUT2D eigenvalue weighted by molar-refractivity contribution is 6.09. The summed E-state index contributed by atoms with van der Waals surface area (Å²) < 4.78 is 0. The minimum Gasteiger partial charge on any atom is -0.378 e. The number of rotatable bonds is 5. The third-order valence-electron chi connectivity index (χ3n) is 3.40. The number of nitrogens with one attached hydrogen (secondary N) is 1. The zero-order valence-corrected chi connectivity index (χ0v) is 13.8. The lowest BCUT2D eigenvalue weighted by molar-refractivity contribution is -0.384. The van der Waals surface area contributed by atoms with Crippen molar-refractivity contribution in [1.29, 1.82) is 5.26 Å². The van der Waals surface area contributed by atoms with Gasteiger partial charge in [-0.25, -0.2) is 0 Å². The number of non-ortho nitro benzene ring substituents is 1. The standard InChI is InChI=1S/C18H16N4O3/c1-21(2)16-8-6-15(7-9-16)20-18(23)14(12-19)10-13-4-3-5-17(11-13)22(24)25/h3-11H,1-2H3,(H,20,23)/b14-10-. The molecular weight excluding hydrogens is 320 g/mol. The first-order valence-electron chi connectivity index (χ1n) is 7.35.